The summed E-state index contributed by atoms with van der Waals surface area (Å²) in [5.41, 5.74) is 13.4. The SMILES string of the molecule is Cc1cccc(C)c1N=C(N/N=C/c1ccc(C(N)=NC=Nc2ccc(OC(F)(F)F)cc2)cc1)SCOC(=O)OC(C)C. The van der Waals surface area contributed by atoms with E-state index < -0.39 is 12.5 Å². The molecule has 0 atom stereocenters. The van der Waals surface area contributed by atoms with Gasteiger partial charge in [0, 0.05) is 5.56 Å². The second-order valence-corrected chi connectivity index (χ2v) is 10.2. The highest BCUT2D eigenvalue weighted by atomic mass is 32.2. The first-order valence-corrected chi connectivity index (χ1v) is 14.1. The van der Waals surface area contributed by atoms with Crippen molar-refractivity contribution in [3.63, 3.8) is 0 Å². The molecule has 0 fully saturated rings. The number of benzene rings is 3. The molecule has 3 rings (SSSR count). The van der Waals surface area contributed by atoms with E-state index in [0.29, 0.717) is 16.4 Å². The predicted octanol–water partition coefficient (Wildman–Crippen LogP) is 7.13. The van der Waals surface area contributed by atoms with Gasteiger partial charge in [-0.3, -0.25) is 5.43 Å². The molecule has 0 aromatic heterocycles. The van der Waals surface area contributed by atoms with Crippen molar-refractivity contribution in [3.8, 4) is 5.75 Å². The van der Waals surface area contributed by atoms with Crippen molar-refractivity contribution in [2.45, 2.75) is 40.2 Å². The van der Waals surface area contributed by atoms with Crippen LogP contribution in [0.5, 0.6) is 5.75 Å². The van der Waals surface area contributed by atoms with Gasteiger partial charge in [-0.1, -0.05) is 42.5 Å². The minimum Gasteiger partial charge on any atom is -0.432 e. The summed E-state index contributed by atoms with van der Waals surface area (Å²) in [4.78, 5) is 24.6. The van der Waals surface area contributed by atoms with Crippen LogP contribution < -0.4 is 15.9 Å². The Labute approximate surface area is 256 Å². The van der Waals surface area contributed by atoms with Crippen LogP contribution in [-0.2, 0) is 9.47 Å². The van der Waals surface area contributed by atoms with Crippen LogP contribution in [0.25, 0.3) is 0 Å². The Kier molecular flexibility index (Phi) is 12.3. The molecule has 0 radical (unpaired) electrons. The summed E-state index contributed by atoms with van der Waals surface area (Å²) in [6.45, 7) is 7.36. The van der Waals surface area contributed by atoms with Crippen LogP contribution in [0.4, 0.5) is 29.3 Å². The number of hydrazone groups is 1. The number of amidine groups is 2. The number of nitrogens with zero attached hydrogens (tertiary/aromatic N) is 4. The number of halogens is 3. The van der Waals surface area contributed by atoms with Crippen LogP contribution in [0.2, 0.25) is 0 Å². The van der Waals surface area contributed by atoms with Crippen molar-refractivity contribution in [3.05, 3.63) is 89.0 Å². The third-order valence-electron chi connectivity index (χ3n) is 5.41. The second-order valence-electron chi connectivity index (χ2n) is 9.27. The van der Waals surface area contributed by atoms with Gasteiger partial charge in [-0.25, -0.2) is 19.8 Å². The van der Waals surface area contributed by atoms with E-state index in [1.165, 1.54) is 18.5 Å². The smallest absolute Gasteiger partial charge is 0.432 e. The molecule has 14 heteroatoms. The molecular formula is C30H31F3N6O4S. The molecule has 0 aliphatic heterocycles. The van der Waals surface area contributed by atoms with Crippen molar-refractivity contribution in [1.82, 2.24) is 5.43 Å². The third-order valence-corrected chi connectivity index (χ3v) is 6.10. The molecule has 44 heavy (non-hydrogen) atoms. The lowest BCUT2D eigenvalue weighted by molar-refractivity contribution is -0.274. The standard InChI is InChI=1S/C30H31F3N6O4S/c1-19(2)42-29(40)41-18-44-28(38-26-20(3)6-5-7-21(26)4)39-37-16-22-8-10-23(11-9-22)27(34)36-17-35-24-12-14-25(15-13-24)43-30(31,32)33/h5-17,19H,18H2,1-4H3,(H,38,39)(H2,34,35,36)/b37-16+. The summed E-state index contributed by atoms with van der Waals surface area (Å²) in [5.74, 6) is -0.200. The zero-order chi connectivity index (χ0) is 32.1. The molecule has 232 valence electrons. The number of para-hydroxylation sites is 1. The topological polar surface area (TPSA) is 132 Å². The van der Waals surface area contributed by atoms with Crippen molar-refractivity contribution in [2.24, 2.45) is 25.8 Å². The van der Waals surface area contributed by atoms with E-state index in [1.807, 2.05) is 32.0 Å². The van der Waals surface area contributed by atoms with Gasteiger partial charge in [0.2, 0.25) is 0 Å². The number of thioether (sulfide) groups is 1. The minimum atomic E-state index is -4.76. The van der Waals surface area contributed by atoms with E-state index >= 15 is 0 Å². The number of hydrogen-bond donors (Lipinski definition) is 2. The summed E-state index contributed by atoms with van der Waals surface area (Å²) >= 11 is 1.15. The van der Waals surface area contributed by atoms with Crippen molar-refractivity contribution < 1.29 is 32.2 Å². The summed E-state index contributed by atoms with van der Waals surface area (Å²) < 4.78 is 50.8. The first kappa shape index (κ1) is 33.6. The number of rotatable bonds is 10. The molecule has 3 aromatic carbocycles. The number of nitrogens with two attached hydrogens (primary N) is 1. The maximum atomic E-state index is 12.3. The van der Waals surface area contributed by atoms with Gasteiger partial charge in [0.1, 0.15) is 23.9 Å². The van der Waals surface area contributed by atoms with Gasteiger partial charge < -0.3 is 19.9 Å². The molecule has 10 nitrogen and oxygen atoms in total. The van der Waals surface area contributed by atoms with E-state index in [4.69, 9.17) is 15.2 Å². The van der Waals surface area contributed by atoms with Crippen molar-refractivity contribution in [2.75, 3.05) is 5.94 Å². The molecular weight excluding hydrogens is 597 g/mol. The summed E-state index contributed by atoms with van der Waals surface area (Å²) in [5, 5.41) is 4.68. The molecule has 0 heterocycles. The van der Waals surface area contributed by atoms with E-state index in [2.05, 4.69) is 30.2 Å². The normalized spacial score (nSPS) is 12.6. The number of carbonyl (C=O) groups excluding carboxylic acids is 1. The molecule has 0 bridgehead atoms. The fraction of sp³-hybridized carbons (Fsp3) is 0.233. The van der Waals surface area contributed by atoms with Gasteiger partial charge in [-0.05, 0) is 80.4 Å². The maximum absolute atomic E-state index is 12.3. The van der Waals surface area contributed by atoms with Crippen LogP contribution in [0.3, 0.4) is 0 Å². The number of ether oxygens (including phenoxy) is 3. The molecule has 0 aliphatic rings. The average molecular weight is 629 g/mol. The lowest BCUT2D eigenvalue weighted by Gasteiger charge is -2.10. The van der Waals surface area contributed by atoms with E-state index in [1.54, 1.807) is 44.3 Å². The van der Waals surface area contributed by atoms with E-state index in [-0.39, 0.29) is 23.6 Å². The van der Waals surface area contributed by atoms with Gasteiger partial charge in [0.05, 0.1) is 23.7 Å². The fourth-order valence-electron chi connectivity index (χ4n) is 3.40. The van der Waals surface area contributed by atoms with Crippen molar-refractivity contribution in [1.29, 1.82) is 0 Å². The molecule has 0 saturated carbocycles. The summed E-state index contributed by atoms with van der Waals surface area (Å²) in [7, 11) is 0. The van der Waals surface area contributed by atoms with Gasteiger partial charge >= 0.3 is 12.5 Å². The third kappa shape index (κ3) is 11.8. The zero-order valence-electron chi connectivity index (χ0n) is 24.3. The maximum Gasteiger partial charge on any atom is 0.573 e. The zero-order valence-corrected chi connectivity index (χ0v) is 25.1. The Morgan fingerprint density at radius 3 is 2.30 bits per heavy atom. The molecule has 3 N–H and O–H groups in total. The number of nitrogens with one attached hydrogen (secondary N) is 1. The quantitative estimate of drug-likeness (QED) is 0.0802. The van der Waals surface area contributed by atoms with Crippen LogP contribution in [0.15, 0.2) is 86.8 Å². The Morgan fingerprint density at radius 2 is 1.68 bits per heavy atom. The highest BCUT2D eigenvalue weighted by molar-refractivity contribution is 8.13. The Hall–Kier alpha value is -4.85. The summed E-state index contributed by atoms with van der Waals surface area (Å²) in [6, 6.07) is 17.9. The first-order valence-electron chi connectivity index (χ1n) is 13.1. The van der Waals surface area contributed by atoms with Crippen LogP contribution in [0.1, 0.15) is 36.1 Å². The fourth-order valence-corrected chi connectivity index (χ4v) is 3.94. The highest BCUT2D eigenvalue weighted by Gasteiger charge is 2.30. The lowest BCUT2D eigenvalue weighted by atomic mass is 10.1. The first-order chi connectivity index (χ1) is 20.9. The second kappa shape index (κ2) is 16.1. The number of aryl methyl sites for hydroxylation is 2. The van der Waals surface area contributed by atoms with E-state index in [9.17, 15) is 18.0 Å². The van der Waals surface area contributed by atoms with Gasteiger partial charge in [-0.15, -0.1) is 13.2 Å². The number of aliphatic imine (C=N–C) groups is 3. The molecule has 0 amide bonds. The van der Waals surface area contributed by atoms with Crippen LogP contribution in [0, 0.1) is 13.8 Å². The van der Waals surface area contributed by atoms with Gasteiger partial charge in [-0.2, -0.15) is 5.10 Å². The Morgan fingerprint density at radius 1 is 1.02 bits per heavy atom. The monoisotopic (exact) mass is 628 g/mol. The van der Waals surface area contributed by atoms with Gasteiger partial charge in [0.15, 0.2) is 5.17 Å². The molecule has 0 unspecified atom stereocenters. The molecule has 0 aliphatic carbocycles. The summed E-state index contributed by atoms with van der Waals surface area (Å²) in [6.07, 6.45) is -3.05. The highest BCUT2D eigenvalue weighted by Crippen LogP contribution is 2.25. The Balaban J connectivity index is 1.63. The van der Waals surface area contributed by atoms with Crippen LogP contribution >= 0.6 is 11.8 Å². The van der Waals surface area contributed by atoms with E-state index in [0.717, 1.165) is 46.3 Å². The lowest BCUT2D eigenvalue weighted by Crippen LogP contribution is -2.17. The number of hydrogen-bond acceptors (Lipinski definition) is 8. The minimum absolute atomic E-state index is 0.0355. The molecule has 3 aromatic rings. The number of alkyl halides is 3. The Bertz CT molecular complexity index is 1500. The molecule has 0 spiro atoms. The van der Waals surface area contributed by atoms with Gasteiger partial charge in [0.25, 0.3) is 0 Å². The van der Waals surface area contributed by atoms with Crippen LogP contribution in [-0.4, -0.2) is 48.1 Å². The average Bonchev–Trinajstić information content (AvgIpc) is 2.95. The predicted molar refractivity (Wildman–Crippen MR) is 167 cm³/mol. The van der Waals surface area contributed by atoms with Crippen molar-refractivity contribution >= 4 is 52.8 Å². The number of carbonyl (C=O) groups is 1. The molecule has 0 saturated heterocycles. The largest absolute Gasteiger partial charge is 0.573 e.